The normalized spacial score (nSPS) is 38.6. The van der Waals surface area contributed by atoms with Crippen LogP contribution in [0.4, 0.5) is 0 Å². The van der Waals surface area contributed by atoms with Crippen molar-refractivity contribution in [2.24, 2.45) is 0 Å². The highest BCUT2D eigenvalue weighted by molar-refractivity contribution is 5.70. The van der Waals surface area contributed by atoms with Gasteiger partial charge in [-0.15, -0.1) is 0 Å². The van der Waals surface area contributed by atoms with E-state index in [2.05, 4.69) is 18.0 Å². The van der Waals surface area contributed by atoms with E-state index in [1.54, 1.807) is 7.11 Å². The molecule has 4 aliphatic rings. The highest BCUT2D eigenvalue weighted by Gasteiger charge is 2.71. The molecular weight excluding hydrogens is 346 g/mol. The summed E-state index contributed by atoms with van der Waals surface area (Å²) in [6, 6.07) is 4.29. The number of likely N-dealkylation sites (N-methyl/N-ethyl adjacent to an activating group) is 1. The molecule has 0 unspecified atom stereocenters. The first-order chi connectivity index (χ1) is 12.8. The van der Waals surface area contributed by atoms with Crippen LogP contribution in [0.3, 0.4) is 0 Å². The number of ether oxygens (including phenoxy) is 3. The summed E-state index contributed by atoms with van der Waals surface area (Å²) in [6.07, 6.45) is 1.96. The van der Waals surface area contributed by atoms with Crippen molar-refractivity contribution < 1.29 is 24.1 Å². The van der Waals surface area contributed by atoms with Gasteiger partial charge in [-0.1, -0.05) is 12.1 Å². The third kappa shape index (κ3) is 1.85. The van der Waals surface area contributed by atoms with Crippen molar-refractivity contribution in [3.8, 4) is 11.5 Å². The molecule has 0 saturated carbocycles. The highest BCUT2D eigenvalue weighted by Crippen LogP contribution is 2.66. The Balaban J connectivity index is 1.83. The molecule has 5 rings (SSSR count). The quantitative estimate of drug-likeness (QED) is 0.629. The number of carbonyl (C=O) groups is 1. The molecule has 2 heterocycles. The Morgan fingerprint density at radius 1 is 1.41 bits per heavy atom. The summed E-state index contributed by atoms with van der Waals surface area (Å²) in [5.41, 5.74) is 2.30. The van der Waals surface area contributed by atoms with Crippen LogP contribution in [0.5, 0.6) is 11.5 Å². The van der Waals surface area contributed by atoms with Gasteiger partial charge in [0.05, 0.1) is 12.5 Å². The number of rotatable bonds is 2. The molecule has 144 valence electrons. The number of esters is 1. The maximum absolute atomic E-state index is 11.8. The fraction of sp³-hybridized carbons (Fsp3) is 0.571. The van der Waals surface area contributed by atoms with E-state index in [1.807, 2.05) is 19.1 Å². The number of hydrogen-bond acceptors (Lipinski definition) is 6. The number of aliphatic hydroxyl groups is 1. The third-order valence-corrected chi connectivity index (χ3v) is 7.15. The van der Waals surface area contributed by atoms with Crippen molar-refractivity contribution in [2.75, 3.05) is 20.7 Å². The van der Waals surface area contributed by atoms with Crippen LogP contribution in [0.1, 0.15) is 31.4 Å². The summed E-state index contributed by atoms with van der Waals surface area (Å²) in [4.78, 5) is 14.2. The number of aliphatic hydroxyl groups excluding tert-OH is 1. The van der Waals surface area contributed by atoms with Crippen LogP contribution in [0.25, 0.3) is 0 Å². The molecule has 6 heteroatoms. The van der Waals surface area contributed by atoms with Gasteiger partial charge in [-0.25, -0.2) is 0 Å². The van der Waals surface area contributed by atoms with Crippen molar-refractivity contribution in [1.29, 1.82) is 0 Å². The zero-order valence-electron chi connectivity index (χ0n) is 16.1. The number of hydrogen-bond donors (Lipinski definition) is 1. The minimum atomic E-state index is -0.905. The average molecular weight is 371 g/mol. The van der Waals surface area contributed by atoms with Crippen molar-refractivity contribution in [1.82, 2.24) is 4.90 Å². The summed E-state index contributed by atoms with van der Waals surface area (Å²) in [5.74, 6) is 1.00. The third-order valence-electron chi connectivity index (χ3n) is 7.15. The first-order valence-corrected chi connectivity index (χ1v) is 9.50. The first kappa shape index (κ1) is 17.1. The van der Waals surface area contributed by atoms with Crippen molar-refractivity contribution in [2.45, 2.75) is 56.0 Å². The summed E-state index contributed by atoms with van der Waals surface area (Å²) in [6.45, 7) is 4.27. The van der Waals surface area contributed by atoms with E-state index in [1.165, 1.54) is 18.1 Å². The average Bonchev–Trinajstić information content (AvgIpc) is 2.89. The molecule has 1 saturated heterocycles. The number of benzene rings is 1. The van der Waals surface area contributed by atoms with Crippen LogP contribution in [0.2, 0.25) is 0 Å². The SMILES string of the molecule is COc1ccc2c3c1O[C@]1(C)[C@H](OC(C)=O)[C@H](O)C=C4[C@H](C2)N(C)CC[C@@]431. The molecular formula is C21H25NO5. The smallest absolute Gasteiger partial charge is 0.303 e. The molecule has 0 radical (unpaired) electrons. The Morgan fingerprint density at radius 2 is 2.19 bits per heavy atom. The van der Waals surface area contributed by atoms with Gasteiger partial charge in [0.2, 0.25) is 0 Å². The number of methoxy groups -OCH3 is 1. The Hall–Kier alpha value is -2.05. The maximum Gasteiger partial charge on any atom is 0.303 e. The second-order valence-electron chi connectivity index (χ2n) is 8.34. The van der Waals surface area contributed by atoms with E-state index in [0.29, 0.717) is 5.75 Å². The van der Waals surface area contributed by atoms with Crippen molar-refractivity contribution >= 4 is 5.97 Å². The molecule has 5 atom stereocenters. The molecule has 0 aromatic heterocycles. The predicted octanol–water partition coefficient (Wildman–Crippen LogP) is 1.58. The Morgan fingerprint density at radius 3 is 2.89 bits per heavy atom. The molecule has 2 bridgehead atoms. The number of nitrogens with zero attached hydrogens (tertiary/aromatic N) is 1. The molecule has 2 aliphatic heterocycles. The Labute approximate surface area is 158 Å². The monoisotopic (exact) mass is 371 g/mol. The van der Waals surface area contributed by atoms with E-state index in [0.717, 1.165) is 30.7 Å². The Kier molecular flexibility index (Phi) is 3.33. The van der Waals surface area contributed by atoms with Gasteiger partial charge < -0.3 is 19.3 Å². The second kappa shape index (κ2) is 5.26. The van der Waals surface area contributed by atoms with E-state index in [9.17, 15) is 9.90 Å². The lowest BCUT2D eigenvalue weighted by molar-refractivity contribution is -0.178. The van der Waals surface area contributed by atoms with Crippen LogP contribution in [-0.2, 0) is 21.4 Å². The fourth-order valence-corrected chi connectivity index (χ4v) is 6.01. The summed E-state index contributed by atoms with van der Waals surface area (Å²) < 4.78 is 17.8. The molecule has 1 fully saturated rings. The zero-order valence-corrected chi connectivity index (χ0v) is 16.1. The highest BCUT2D eigenvalue weighted by atomic mass is 16.6. The van der Waals surface area contributed by atoms with Gasteiger partial charge in [-0.2, -0.15) is 0 Å². The number of piperidine rings is 1. The number of carbonyl (C=O) groups excluding carboxylic acids is 1. The lowest BCUT2D eigenvalue weighted by Gasteiger charge is -2.59. The zero-order chi connectivity index (χ0) is 19.1. The van der Waals surface area contributed by atoms with Crippen molar-refractivity contribution in [3.05, 3.63) is 34.9 Å². The van der Waals surface area contributed by atoms with Crippen LogP contribution < -0.4 is 9.47 Å². The molecule has 27 heavy (non-hydrogen) atoms. The molecule has 0 amide bonds. The topological polar surface area (TPSA) is 68.2 Å². The maximum atomic E-state index is 11.8. The Bertz CT molecular complexity index is 880. The van der Waals surface area contributed by atoms with E-state index in [4.69, 9.17) is 14.2 Å². The molecule has 1 aromatic carbocycles. The standard InChI is InChI=1S/C21H25NO5/c1-11(23)26-19-15(24)10-13-14-9-12-5-6-16(25-4)18-17(12)21(13,7-8-22(14)3)20(19,2)27-18/h5-6,10,14-15,19,24H,7-9H2,1-4H3/t14-,15+,19+,20+,21+/m0/s1. The molecule has 2 aliphatic carbocycles. The van der Waals surface area contributed by atoms with E-state index < -0.39 is 29.2 Å². The van der Waals surface area contributed by atoms with Crippen molar-refractivity contribution in [3.63, 3.8) is 0 Å². The molecule has 1 N–H and O–H groups in total. The summed E-state index contributed by atoms with van der Waals surface area (Å²) >= 11 is 0. The van der Waals surface area contributed by atoms with Crippen LogP contribution in [0.15, 0.2) is 23.8 Å². The minimum absolute atomic E-state index is 0.210. The van der Waals surface area contributed by atoms with Gasteiger partial charge >= 0.3 is 5.97 Å². The minimum Gasteiger partial charge on any atom is -0.493 e. The summed E-state index contributed by atoms with van der Waals surface area (Å²) in [5, 5.41) is 10.9. The van der Waals surface area contributed by atoms with Gasteiger partial charge in [0.25, 0.3) is 0 Å². The van der Waals surface area contributed by atoms with Gasteiger partial charge in [-0.3, -0.25) is 9.69 Å². The van der Waals surface area contributed by atoms with Gasteiger partial charge in [0.1, 0.15) is 6.10 Å². The molecule has 1 spiro atoms. The van der Waals surface area contributed by atoms with Gasteiger partial charge in [0, 0.05) is 18.5 Å². The van der Waals surface area contributed by atoms with E-state index >= 15 is 0 Å². The lowest BCUT2D eigenvalue weighted by Crippen LogP contribution is -2.70. The van der Waals surface area contributed by atoms with E-state index in [-0.39, 0.29) is 6.04 Å². The second-order valence-corrected chi connectivity index (χ2v) is 8.34. The molecule has 1 aromatic rings. The summed E-state index contributed by atoms with van der Waals surface area (Å²) in [7, 11) is 3.77. The largest absolute Gasteiger partial charge is 0.493 e. The number of likely N-dealkylation sites (tertiary alicyclic amines) is 1. The van der Waals surface area contributed by atoms with Gasteiger partial charge in [0.15, 0.2) is 23.2 Å². The van der Waals surface area contributed by atoms with Gasteiger partial charge in [-0.05, 0) is 50.6 Å². The van der Waals surface area contributed by atoms with Crippen LogP contribution >= 0.6 is 0 Å². The fourth-order valence-electron chi connectivity index (χ4n) is 6.01. The molecule has 6 nitrogen and oxygen atoms in total. The predicted molar refractivity (Wildman–Crippen MR) is 98.1 cm³/mol. The first-order valence-electron chi connectivity index (χ1n) is 9.50. The van der Waals surface area contributed by atoms with Crippen LogP contribution in [0, 0.1) is 0 Å². The lowest BCUT2D eigenvalue weighted by atomic mass is 9.51. The van der Waals surface area contributed by atoms with Crippen LogP contribution in [-0.4, -0.2) is 60.5 Å².